The molecule has 0 atom stereocenters. The number of para-hydroxylation sites is 2. The van der Waals surface area contributed by atoms with Crippen LogP contribution in [0.25, 0.3) is 94.0 Å². The van der Waals surface area contributed by atoms with Gasteiger partial charge in [-0.05, 0) is 63.3 Å². The summed E-state index contributed by atoms with van der Waals surface area (Å²) in [6.45, 7) is 0. The molecule has 0 aliphatic rings. The van der Waals surface area contributed by atoms with Gasteiger partial charge in [-0.2, -0.15) is 0 Å². The maximum absolute atomic E-state index is 5.10. The number of benzene rings is 8. The number of hydrogen-bond acceptors (Lipinski definition) is 3. The topological polar surface area (TPSA) is 43.6 Å². The Morgan fingerprint density at radius 1 is 0.306 bits per heavy atom. The fourth-order valence-corrected chi connectivity index (χ4v) is 7.20. The summed E-state index contributed by atoms with van der Waals surface area (Å²) in [6.07, 6.45) is 0. The summed E-state index contributed by atoms with van der Waals surface area (Å²) in [6, 6.07) is 59.9. The van der Waals surface area contributed by atoms with Crippen molar-refractivity contribution >= 4 is 54.1 Å². The van der Waals surface area contributed by atoms with Gasteiger partial charge in [-0.3, -0.25) is 0 Å². The summed E-state index contributed by atoms with van der Waals surface area (Å²) >= 11 is 0. The van der Waals surface area contributed by atoms with E-state index in [1.165, 1.54) is 32.6 Å². The number of nitrogens with zero attached hydrogens (tertiary/aromatic N) is 4. The van der Waals surface area contributed by atoms with Crippen molar-refractivity contribution in [2.75, 3.05) is 0 Å². The third-order valence-electron chi connectivity index (χ3n) is 9.59. The molecule has 49 heavy (non-hydrogen) atoms. The number of hydrogen-bond donors (Lipinski definition) is 0. The first kappa shape index (κ1) is 27.5. The lowest BCUT2D eigenvalue weighted by molar-refractivity contribution is 1.08. The molecule has 10 rings (SSSR count). The van der Waals surface area contributed by atoms with Gasteiger partial charge in [0.2, 0.25) is 0 Å². The molecule has 0 amide bonds. The van der Waals surface area contributed by atoms with Crippen molar-refractivity contribution in [2.45, 2.75) is 0 Å². The Morgan fingerprint density at radius 2 is 0.735 bits per heavy atom. The summed E-state index contributed by atoms with van der Waals surface area (Å²) in [5, 5.41) is 9.45. The summed E-state index contributed by atoms with van der Waals surface area (Å²) in [7, 11) is 0. The lowest BCUT2D eigenvalue weighted by Crippen LogP contribution is -2.00. The predicted molar refractivity (Wildman–Crippen MR) is 203 cm³/mol. The van der Waals surface area contributed by atoms with Gasteiger partial charge in [0.05, 0.1) is 16.7 Å². The smallest absolute Gasteiger partial charge is 0.164 e. The van der Waals surface area contributed by atoms with E-state index in [-0.39, 0.29) is 0 Å². The molecule has 228 valence electrons. The van der Waals surface area contributed by atoms with Crippen molar-refractivity contribution in [3.8, 4) is 39.9 Å². The van der Waals surface area contributed by atoms with Crippen molar-refractivity contribution in [1.29, 1.82) is 0 Å². The Morgan fingerprint density at radius 3 is 1.29 bits per heavy atom. The molecule has 0 aliphatic heterocycles. The second-order valence-electron chi connectivity index (χ2n) is 12.5. The maximum atomic E-state index is 5.10. The van der Waals surface area contributed by atoms with Gasteiger partial charge in [0.1, 0.15) is 0 Å². The van der Waals surface area contributed by atoms with Crippen molar-refractivity contribution in [1.82, 2.24) is 19.5 Å². The lowest BCUT2D eigenvalue weighted by Gasteiger charge is -2.13. The first-order valence-corrected chi connectivity index (χ1v) is 16.5. The van der Waals surface area contributed by atoms with Crippen LogP contribution in [0.4, 0.5) is 0 Å². The predicted octanol–water partition coefficient (Wildman–Crippen LogP) is 11.4. The van der Waals surface area contributed by atoms with Crippen LogP contribution in [0.2, 0.25) is 0 Å². The van der Waals surface area contributed by atoms with Crippen molar-refractivity contribution in [2.24, 2.45) is 0 Å². The molecule has 0 fully saturated rings. The minimum atomic E-state index is 0.644. The molecule has 4 heteroatoms. The fraction of sp³-hybridized carbons (Fsp3) is 0. The zero-order valence-corrected chi connectivity index (χ0v) is 26.5. The van der Waals surface area contributed by atoms with Gasteiger partial charge < -0.3 is 4.57 Å². The van der Waals surface area contributed by atoms with Gasteiger partial charge in [-0.25, -0.2) is 15.0 Å². The highest BCUT2D eigenvalue weighted by atomic mass is 15.0. The van der Waals surface area contributed by atoms with Gasteiger partial charge in [0.25, 0.3) is 0 Å². The Balaban J connectivity index is 1.16. The molecule has 0 saturated carbocycles. The van der Waals surface area contributed by atoms with E-state index in [1.54, 1.807) is 0 Å². The van der Waals surface area contributed by atoms with E-state index in [4.69, 9.17) is 15.0 Å². The molecule has 0 aliphatic carbocycles. The molecule has 0 unspecified atom stereocenters. The zero-order chi connectivity index (χ0) is 32.3. The molecule has 2 aromatic heterocycles. The molecule has 2 heterocycles. The first-order valence-electron chi connectivity index (χ1n) is 16.5. The Hall–Kier alpha value is -6.65. The van der Waals surface area contributed by atoms with E-state index in [1.807, 2.05) is 0 Å². The average molecular weight is 625 g/mol. The molecule has 0 saturated heterocycles. The summed E-state index contributed by atoms with van der Waals surface area (Å²) < 4.78 is 2.38. The number of aromatic nitrogens is 4. The molecule has 0 spiro atoms. The Labute approximate surface area is 282 Å². The van der Waals surface area contributed by atoms with Crippen molar-refractivity contribution < 1.29 is 0 Å². The summed E-state index contributed by atoms with van der Waals surface area (Å²) in [5.74, 6) is 1.95. The zero-order valence-electron chi connectivity index (χ0n) is 26.5. The second kappa shape index (κ2) is 11.0. The van der Waals surface area contributed by atoms with Gasteiger partial charge in [-0.1, -0.05) is 133 Å². The highest BCUT2D eigenvalue weighted by Crippen LogP contribution is 2.36. The SMILES string of the molecule is c1ccc2cc(-c3nc(-c4ccc5ccccc5c4)nc(-c4ccc5c(-n6c7ccccc7c7ccccc76)cccc5c4)n3)ccc2c1. The van der Waals surface area contributed by atoms with E-state index >= 15 is 0 Å². The minimum Gasteiger partial charge on any atom is -0.309 e. The van der Waals surface area contributed by atoms with Gasteiger partial charge in [0.15, 0.2) is 17.5 Å². The molecule has 0 bridgehead atoms. The number of fused-ring (bicyclic) bond motifs is 6. The van der Waals surface area contributed by atoms with Crippen LogP contribution in [-0.2, 0) is 0 Å². The molecule has 0 N–H and O–H groups in total. The molecule has 8 aromatic carbocycles. The van der Waals surface area contributed by atoms with Gasteiger partial charge in [0, 0.05) is 32.8 Å². The Bertz CT molecular complexity index is 2750. The quantitative estimate of drug-likeness (QED) is 0.196. The summed E-state index contributed by atoms with van der Waals surface area (Å²) in [4.78, 5) is 15.3. The first-order chi connectivity index (χ1) is 24.3. The molecule has 10 aromatic rings. The van der Waals surface area contributed by atoms with Gasteiger partial charge >= 0.3 is 0 Å². The normalized spacial score (nSPS) is 11.7. The van der Waals surface area contributed by atoms with E-state index in [0.717, 1.165) is 43.9 Å². The van der Waals surface area contributed by atoms with Crippen molar-refractivity contribution in [3.05, 3.63) is 170 Å². The molecular weight excluding hydrogens is 597 g/mol. The lowest BCUT2D eigenvalue weighted by atomic mass is 10.0. The van der Waals surface area contributed by atoms with E-state index in [0.29, 0.717) is 17.5 Å². The maximum Gasteiger partial charge on any atom is 0.164 e. The molecular formula is C45H28N4. The Kier molecular flexibility index (Phi) is 6.15. The van der Waals surface area contributed by atoms with E-state index in [2.05, 4.69) is 174 Å². The average Bonchev–Trinajstić information content (AvgIpc) is 3.51. The van der Waals surface area contributed by atoms with Crippen LogP contribution in [0.15, 0.2) is 170 Å². The molecule has 0 radical (unpaired) electrons. The standard InChI is InChI=1S/C45H28N4/c1-3-12-31-26-34(22-20-29(31)10-1)43-46-44(35-23-21-30-11-2-4-13-32(30)27-35)48-45(47-43)36-24-25-37-33(28-36)14-9-19-40(37)49-41-17-7-5-15-38(41)39-16-6-8-18-42(39)49/h1-28H. The third-order valence-corrected chi connectivity index (χ3v) is 9.59. The van der Waals surface area contributed by atoms with Crippen LogP contribution in [0.3, 0.4) is 0 Å². The number of rotatable bonds is 4. The summed E-state index contributed by atoms with van der Waals surface area (Å²) in [5.41, 5.74) is 6.39. The van der Waals surface area contributed by atoms with Crippen LogP contribution in [0.1, 0.15) is 0 Å². The second-order valence-corrected chi connectivity index (χ2v) is 12.5. The third kappa shape index (κ3) is 4.57. The van der Waals surface area contributed by atoms with Crippen LogP contribution in [0, 0.1) is 0 Å². The van der Waals surface area contributed by atoms with E-state index in [9.17, 15) is 0 Å². The van der Waals surface area contributed by atoms with Crippen LogP contribution >= 0.6 is 0 Å². The van der Waals surface area contributed by atoms with Crippen LogP contribution < -0.4 is 0 Å². The fourth-order valence-electron chi connectivity index (χ4n) is 7.20. The molecule has 4 nitrogen and oxygen atoms in total. The van der Waals surface area contributed by atoms with E-state index < -0.39 is 0 Å². The minimum absolute atomic E-state index is 0.644. The monoisotopic (exact) mass is 624 g/mol. The highest BCUT2D eigenvalue weighted by molar-refractivity contribution is 6.10. The van der Waals surface area contributed by atoms with Gasteiger partial charge in [-0.15, -0.1) is 0 Å². The van der Waals surface area contributed by atoms with Crippen LogP contribution in [-0.4, -0.2) is 19.5 Å². The van der Waals surface area contributed by atoms with Crippen LogP contribution in [0.5, 0.6) is 0 Å². The highest BCUT2D eigenvalue weighted by Gasteiger charge is 2.16. The largest absolute Gasteiger partial charge is 0.309 e. The van der Waals surface area contributed by atoms with Crippen molar-refractivity contribution in [3.63, 3.8) is 0 Å².